The van der Waals surface area contributed by atoms with Crippen LogP contribution < -0.4 is 9.47 Å². The Kier molecular flexibility index (Phi) is 1.98. The van der Waals surface area contributed by atoms with Gasteiger partial charge in [-0.25, -0.2) is 0 Å². The van der Waals surface area contributed by atoms with Gasteiger partial charge in [-0.2, -0.15) is 22.8 Å². The van der Waals surface area contributed by atoms with Crippen LogP contribution in [0.25, 0.3) is 0 Å². The molecule has 0 amide bonds. The third-order valence-corrected chi connectivity index (χ3v) is 1.91. The Hall–Kier alpha value is -1.97. The molecule has 0 fully saturated rings. The average Bonchev–Trinajstić information content (AvgIpc) is 2.18. The summed E-state index contributed by atoms with van der Waals surface area (Å²) in [5.74, 6) is -1.27. The third kappa shape index (κ3) is 1.34. The smallest absolute Gasteiger partial charge is 0.421 e. The number of hydrogen-bond acceptors (Lipinski definition) is 3. The Morgan fingerprint density at radius 2 is 1.69 bits per heavy atom. The van der Waals surface area contributed by atoms with Crippen molar-refractivity contribution in [2.24, 2.45) is 0 Å². The van der Waals surface area contributed by atoms with Gasteiger partial charge >= 0.3 is 12.2 Å². The fourth-order valence-electron chi connectivity index (χ4n) is 1.17. The first-order valence-electron chi connectivity index (χ1n) is 4.04. The standard InChI is InChI=1S/C9H3F4NO2/c10-8(11)9(12,13)16-7-5(4-14)2-1-3-6(7)15-8/h1-3H. The molecule has 1 aromatic rings. The van der Waals surface area contributed by atoms with E-state index in [-0.39, 0.29) is 5.56 Å². The predicted octanol–water partition coefficient (Wildman–Crippen LogP) is 2.52. The first-order valence-corrected chi connectivity index (χ1v) is 4.04. The number of rotatable bonds is 0. The van der Waals surface area contributed by atoms with Crippen molar-refractivity contribution in [3.63, 3.8) is 0 Å². The molecule has 1 aliphatic rings. The van der Waals surface area contributed by atoms with Crippen LogP contribution in [0, 0.1) is 11.3 Å². The van der Waals surface area contributed by atoms with E-state index >= 15 is 0 Å². The summed E-state index contributed by atoms with van der Waals surface area (Å²) in [6.45, 7) is 0. The minimum Gasteiger partial charge on any atom is -0.421 e. The van der Waals surface area contributed by atoms with E-state index in [1.807, 2.05) is 0 Å². The van der Waals surface area contributed by atoms with Crippen molar-refractivity contribution in [2.75, 3.05) is 0 Å². The zero-order chi connectivity index (χ0) is 12.0. The van der Waals surface area contributed by atoms with Gasteiger partial charge in [-0.05, 0) is 12.1 Å². The topological polar surface area (TPSA) is 42.2 Å². The Bertz CT molecular complexity index is 481. The van der Waals surface area contributed by atoms with Crippen molar-refractivity contribution in [3.8, 4) is 17.6 Å². The zero-order valence-corrected chi connectivity index (χ0v) is 7.51. The molecule has 0 spiro atoms. The Balaban J connectivity index is 2.57. The number of fused-ring (bicyclic) bond motifs is 1. The van der Waals surface area contributed by atoms with E-state index < -0.39 is 23.7 Å². The van der Waals surface area contributed by atoms with Gasteiger partial charge in [-0.15, -0.1) is 0 Å². The highest BCUT2D eigenvalue weighted by Crippen LogP contribution is 2.47. The molecule has 0 aromatic heterocycles. The van der Waals surface area contributed by atoms with Crippen molar-refractivity contribution in [1.29, 1.82) is 5.26 Å². The van der Waals surface area contributed by atoms with E-state index in [2.05, 4.69) is 9.47 Å². The van der Waals surface area contributed by atoms with Crippen LogP contribution in [0.1, 0.15) is 5.56 Å². The number of alkyl halides is 4. The molecule has 0 unspecified atom stereocenters. The average molecular weight is 233 g/mol. The Morgan fingerprint density at radius 3 is 2.31 bits per heavy atom. The fraction of sp³-hybridized carbons (Fsp3) is 0.222. The number of halogens is 4. The maximum Gasteiger partial charge on any atom is 0.507 e. The van der Waals surface area contributed by atoms with Gasteiger partial charge in [-0.1, -0.05) is 6.07 Å². The number of nitrogens with zero attached hydrogens (tertiary/aromatic N) is 1. The van der Waals surface area contributed by atoms with Crippen molar-refractivity contribution in [3.05, 3.63) is 23.8 Å². The molecule has 0 N–H and O–H groups in total. The molecule has 7 heteroatoms. The fourth-order valence-corrected chi connectivity index (χ4v) is 1.17. The van der Waals surface area contributed by atoms with Crippen molar-refractivity contribution in [2.45, 2.75) is 12.2 Å². The lowest BCUT2D eigenvalue weighted by molar-refractivity contribution is -0.391. The zero-order valence-electron chi connectivity index (χ0n) is 7.51. The summed E-state index contributed by atoms with van der Waals surface area (Å²) < 4.78 is 58.6. The molecule has 0 radical (unpaired) electrons. The first-order chi connectivity index (χ1) is 7.37. The van der Waals surface area contributed by atoms with Gasteiger partial charge in [0.25, 0.3) is 0 Å². The number of para-hydroxylation sites is 1. The Labute approximate surface area is 86.8 Å². The largest absolute Gasteiger partial charge is 0.507 e. The second-order valence-corrected chi connectivity index (χ2v) is 2.98. The number of ether oxygens (including phenoxy) is 2. The lowest BCUT2D eigenvalue weighted by Crippen LogP contribution is -2.52. The lowest BCUT2D eigenvalue weighted by Gasteiger charge is -2.31. The predicted molar refractivity (Wildman–Crippen MR) is 42.3 cm³/mol. The van der Waals surface area contributed by atoms with Gasteiger partial charge in [0.05, 0.1) is 5.56 Å². The van der Waals surface area contributed by atoms with Crippen LogP contribution in [0.5, 0.6) is 11.5 Å². The number of nitriles is 1. The van der Waals surface area contributed by atoms with Crippen LogP contribution in [0.2, 0.25) is 0 Å². The molecule has 0 saturated carbocycles. The molecule has 1 aromatic carbocycles. The summed E-state index contributed by atoms with van der Waals surface area (Å²) in [5.41, 5.74) is -0.298. The highest BCUT2D eigenvalue weighted by atomic mass is 19.3. The molecule has 0 bridgehead atoms. The van der Waals surface area contributed by atoms with Gasteiger partial charge in [0.15, 0.2) is 11.5 Å². The van der Waals surface area contributed by atoms with Crippen molar-refractivity contribution >= 4 is 0 Å². The second-order valence-electron chi connectivity index (χ2n) is 2.98. The van der Waals surface area contributed by atoms with Gasteiger partial charge in [0.2, 0.25) is 0 Å². The maximum atomic E-state index is 12.8. The molecule has 0 aliphatic carbocycles. The lowest BCUT2D eigenvalue weighted by atomic mass is 10.2. The molecular weight excluding hydrogens is 230 g/mol. The van der Waals surface area contributed by atoms with Gasteiger partial charge in [0.1, 0.15) is 6.07 Å². The summed E-state index contributed by atoms with van der Waals surface area (Å²) in [4.78, 5) is 0. The monoisotopic (exact) mass is 233 g/mol. The summed E-state index contributed by atoms with van der Waals surface area (Å²) in [6.07, 6.45) is -9.55. The van der Waals surface area contributed by atoms with Crippen LogP contribution >= 0.6 is 0 Å². The third-order valence-electron chi connectivity index (χ3n) is 1.91. The summed E-state index contributed by atoms with van der Waals surface area (Å²) in [6, 6.07) is 4.93. The summed E-state index contributed by atoms with van der Waals surface area (Å²) in [7, 11) is 0. The number of hydrogen-bond donors (Lipinski definition) is 0. The summed E-state index contributed by atoms with van der Waals surface area (Å²) in [5, 5.41) is 8.58. The highest BCUT2D eigenvalue weighted by molar-refractivity contribution is 5.53. The van der Waals surface area contributed by atoms with E-state index in [9.17, 15) is 17.6 Å². The van der Waals surface area contributed by atoms with E-state index in [1.54, 1.807) is 0 Å². The van der Waals surface area contributed by atoms with E-state index in [0.29, 0.717) is 0 Å². The second kappa shape index (κ2) is 3.01. The van der Waals surface area contributed by atoms with Crippen LogP contribution in [0.4, 0.5) is 17.6 Å². The number of benzene rings is 1. The highest BCUT2D eigenvalue weighted by Gasteiger charge is 2.66. The van der Waals surface area contributed by atoms with Crippen LogP contribution in [-0.2, 0) is 0 Å². The molecular formula is C9H3F4NO2. The Morgan fingerprint density at radius 1 is 1.06 bits per heavy atom. The van der Waals surface area contributed by atoms with Crippen LogP contribution in [0.3, 0.4) is 0 Å². The van der Waals surface area contributed by atoms with Crippen LogP contribution in [0.15, 0.2) is 18.2 Å². The van der Waals surface area contributed by atoms with Gasteiger partial charge in [-0.3, -0.25) is 0 Å². The first kappa shape index (κ1) is 10.5. The molecule has 0 saturated heterocycles. The normalized spacial score (nSPS) is 19.9. The van der Waals surface area contributed by atoms with Crippen LogP contribution in [-0.4, -0.2) is 12.2 Å². The minimum atomic E-state index is -4.80. The van der Waals surface area contributed by atoms with E-state index in [1.165, 1.54) is 12.1 Å². The molecule has 2 rings (SSSR count). The van der Waals surface area contributed by atoms with Crippen molar-refractivity contribution < 1.29 is 27.0 Å². The SMILES string of the molecule is N#Cc1cccc2c1OC(F)(F)C(F)(F)O2. The van der Waals surface area contributed by atoms with Gasteiger partial charge in [0, 0.05) is 0 Å². The quantitative estimate of drug-likeness (QED) is 0.646. The molecule has 84 valence electrons. The molecule has 1 aliphatic heterocycles. The van der Waals surface area contributed by atoms with E-state index in [4.69, 9.17) is 5.26 Å². The molecule has 0 atom stereocenters. The maximum absolute atomic E-state index is 12.8. The van der Waals surface area contributed by atoms with Gasteiger partial charge < -0.3 is 9.47 Å². The molecule has 1 heterocycles. The summed E-state index contributed by atoms with van der Waals surface area (Å²) >= 11 is 0. The van der Waals surface area contributed by atoms with Crippen molar-refractivity contribution in [1.82, 2.24) is 0 Å². The minimum absolute atomic E-state index is 0.298. The molecule has 16 heavy (non-hydrogen) atoms. The van der Waals surface area contributed by atoms with E-state index in [0.717, 1.165) is 12.1 Å². The molecule has 3 nitrogen and oxygen atoms in total.